The summed E-state index contributed by atoms with van der Waals surface area (Å²) in [6.45, 7) is 2.39. The number of rotatable bonds is 7. The van der Waals surface area contributed by atoms with Gasteiger partial charge in [-0.2, -0.15) is 0 Å². The molecule has 0 saturated heterocycles. The van der Waals surface area contributed by atoms with Gasteiger partial charge >= 0.3 is 5.97 Å². The third kappa shape index (κ3) is 4.54. The molecule has 1 aliphatic rings. The Morgan fingerprint density at radius 2 is 2.00 bits per heavy atom. The topological polar surface area (TPSA) is 84.9 Å². The van der Waals surface area contributed by atoms with Crippen molar-refractivity contribution < 1.29 is 24.2 Å². The van der Waals surface area contributed by atoms with Crippen molar-refractivity contribution in [1.29, 1.82) is 0 Å². The van der Waals surface area contributed by atoms with Crippen LogP contribution in [0.15, 0.2) is 42.5 Å². The van der Waals surface area contributed by atoms with Crippen molar-refractivity contribution in [3.63, 3.8) is 0 Å². The van der Waals surface area contributed by atoms with E-state index in [4.69, 9.17) is 27.5 Å². The van der Waals surface area contributed by atoms with Crippen molar-refractivity contribution in [2.45, 2.75) is 19.3 Å². The second kappa shape index (κ2) is 9.57. The van der Waals surface area contributed by atoms with Gasteiger partial charge in [0.25, 0.3) is 0 Å². The number of carboxylic acids is 1. The highest BCUT2D eigenvalue weighted by Gasteiger charge is 2.34. The zero-order valence-electron chi connectivity index (χ0n) is 17.7. The molecule has 0 radical (unpaired) electrons. The number of carbonyl (C=O) groups excluding carboxylic acids is 1. The predicted octanol–water partition coefficient (Wildman–Crippen LogP) is 5.65. The first-order valence-electron chi connectivity index (χ1n) is 10.2. The van der Waals surface area contributed by atoms with Crippen molar-refractivity contribution >= 4 is 40.5 Å². The van der Waals surface area contributed by atoms with E-state index < -0.39 is 5.97 Å². The Morgan fingerprint density at radius 3 is 2.67 bits per heavy atom. The van der Waals surface area contributed by atoms with Gasteiger partial charge in [-0.05, 0) is 42.3 Å². The van der Waals surface area contributed by atoms with Crippen LogP contribution in [-0.2, 0) is 4.79 Å². The maximum Gasteiger partial charge on any atom is 0.346 e. The maximum absolute atomic E-state index is 12.7. The smallest absolute Gasteiger partial charge is 0.346 e. The lowest BCUT2D eigenvalue weighted by atomic mass is 9.88. The lowest BCUT2D eigenvalue weighted by Crippen LogP contribution is -2.22. The first-order valence-corrected chi connectivity index (χ1v) is 11.4. The number of aromatic carboxylic acids is 1. The number of amides is 1. The van der Waals surface area contributed by atoms with Crippen LogP contribution in [0.25, 0.3) is 11.1 Å². The van der Waals surface area contributed by atoms with E-state index in [9.17, 15) is 14.7 Å². The summed E-state index contributed by atoms with van der Waals surface area (Å²) in [5, 5.41) is 13.3. The predicted molar refractivity (Wildman–Crippen MR) is 129 cm³/mol. The number of thiophene rings is 1. The van der Waals surface area contributed by atoms with E-state index in [1.165, 1.54) is 11.3 Å². The average Bonchev–Trinajstić information content (AvgIpc) is 3.18. The maximum atomic E-state index is 12.7. The van der Waals surface area contributed by atoms with Gasteiger partial charge < -0.3 is 19.9 Å². The number of ether oxygens (including phenoxy) is 2. The molecular formula is C25H20ClNO5S. The average molecular weight is 482 g/mol. The van der Waals surface area contributed by atoms with E-state index in [-0.39, 0.29) is 29.7 Å². The Morgan fingerprint density at radius 1 is 1.24 bits per heavy atom. The highest BCUT2D eigenvalue weighted by Crippen LogP contribution is 2.50. The monoisotopic (exact) mass is 481 g/mol. The number of fused-ring (bicyclic) bond motifs is 1. The summed E-state index contributed by atoms with van der Waals surface area (Å²) in [5.74, 6) is 1.88. The molecule has 4 rings (SSSR count). The number of carbonyl (C=O) groups is 2. The number of terminal acetylenes is 1. The standard InChI is InChI=1S/C25H20ClNO5S/c1-3-11-32-18-10-7-15(12-19(18)31-4-2)17-13-20(28)27-22-21(14-5-8-16(26)9-6-14)24(25(29)30)33-23(17)22/h1,5-10,12,17H,4,11,13H2,2H3,(H,27,28)(H,29,30)/t17-/m1/s1. The molecule has 0 spiro atoms. The molecule has 1 aromatic heterocycles. The van der Waals surface area contributed by atoms with Crippen molar-refractivity contribution in [3.8, 4) is 35.0 Å². The van der Waals surface area contributed by atoms with Crippen LogP contribution >= 0.6 is 22.9 Å². The van der Waals surface area contributed by atoms with Crippen LogP contribution in [0.2, 0.25) is 5.02 Å². The molecule has 2 heterocycles. The molecule has 0 aliphatic carbocycles. The summed E-state index contributed by atoms with van der Waals surface area (Å²) < 4.78 is 11.3. The Balaban J connectivity index is 1.84. The summed E-state index contributed by atoms with van der Waals surface area (Å²) in [6, 6.07) is 12.3. The van der Waals surface area contributed by atoms with Gasteiger partial charge in [0.1, 0.15) is 11.5 Å². The quantitative estimate of drug-likeness (QED) is 0.426. The highest BCUT2D eigenvalue weighted by atomic mass is 35.5. The van der Waals surface area contributed by atoms with Gasteiger partial charge in [-0.1, -0.05) is 35.7 Å². The molecule has 168 valence electrons. The fraction of sp³-hybridized carbons (Fsp3) is 0.200. The van der Waals surface area contributed by atoms with Crippen molar-refractivity contribution in [1.82, 2.24) is 0 Å². The van der Waals surface area contributed by atoms with Crippen molar-refractivity contribution in [2.24, 2.45) is 0 Å². The molecule has 1 aliphatic heterocycles. The molecule has 1 amide bonds. The Labute approximate surface area is 200 Å². The molecule has 0 unspecified atom stereocenters. The minimum atomic E-state index is -1.06. The Bertz CT molecular complexity index is 1260. The SMILES string of the molecule is C#CCOc1ccc([C@H]2CC(=O)Nc3c2sc(C(=O)O)c3-c2ccc(Cl)cc2)cc1OCC. The molecule has 6 nitrogen and oxygen atoms in total. The van der Waals surface area contributed by atoms with E-state index in [2.05, 4.69) is 11.2 Å². The highest BCUT2D eigenvalue weighted by molar-refractivity contribution is 7.15. The van der Waals surface area contributed by atoms with Crippen LogP contribution < -0.4 is 14.8 Å². The lowest BCUT2D eigenvalue weighted by Gasteiger charge is -2.24. The Hall–Kier alpha value is -3.47. The number of benzene rings is 2. The summed E-state index contributed by atoms with van der Waals surface area (Å²) in [5.41, 5.74) is 2.49. The summed E-state index contributed by atoms with van der Waals surface area (Å²) >= 11 is 7.18. The third-order valence-electron chi connectivity index (χ3n) is 5.21. The molecule has 2 aromatic carbocycles. The van der Waals surface area contributed by atoms with Crippen LogP contribution in [0.4, 0.5) is 5.69 Å². The lowest BCUT2D eigenvalue weighted by molar-refractivity contribution is -0.116. The molecule has 0 fully saturated rings. The molecule has 1 atom stereocenters. The second-order valence-electron chi connectivity index (χ2n) is 7.29. The molecule has 3 aromatic rings. The van der Waals surface area contributed by atoms with E-state index >= 15 is 0 Å². The van der Waals surface area contributed by atoms with E-state index in [0.717, 1.165) is 10.4 Å². The van der Waals surface area contributed by atoms with Gasteiger partial charge in [0.15, 0.2) is 11.5 Å². The Kier molecular flexibility index (Phi) is 6.59. The number of hydrogen-bond donors (Lipinski definition) is 2. The van der Waals surface area contributed by atoms with Crippen LogP contribution in [0.5, 0.6) is 11.5 Å². The fourth-order valence-corrected chi connectivity index (χ4v) is 5.22. The molecule has 2 N–H and O–H groups in total. The van der Waals surface area contributed by atoms with Gasteiger partial charge in [0, 0.05) is 27.8 Å². The largest absolute Gasteiger partial charge is 0.490 e. The van der Waals surface area contributed by atoms with Crippen LogP contribution in [0.1, 0.15) is 39.4 Å². The van der Waals surface area contributed by atoms with E-state index in [1.54, 1.807) is 30.3 Å². The normalized spacial score (nSPS) is 14.7. The van der Waals surface area contributed by atoms with Gasteiger partial charge in [0.2, 0.25) is 5.91 Å². The number of nitrogens with one attached hydrogen (secondary N) is 1. The van der Waals surface area contributed by atoms with Crippen molar-refractivity contribution in [2.75, 3.05) is 18.5 Å². The van der Waals surface area contributed by atoms with Gasteiger partial charge in [-0.15, -0.1) is 17.8 Å². The number of hydrogen-bond acceptors (Lipinski definition) is 5. The van der Waals surface area contributed by atoms with Crippen LogP contribution in [0.3, 0.4) is 0 Å². The minimum absolute atomic E-state index is 0.104. The first-order chi connectivity index (χ1) is 15.9. The zero-order chi connectivity index (χ0) is 23.5. The van der Waals surface area contributed by atoms with E-state index in [0.29, 0.717) is 39.9 Å². The molecule has 33 heavy (non-hydrogen) atoms. The summed E-state index contributed by atoms with van der Waals surface area (Å²) in [6.07, 6.45) is 5.48. The molecular weight excluding hydrogens is 462 g/mol. The summed E-state index contributed by atoms with van der Waals surface area (Å²) in [7, 11) is 0. The number of anilines is 1. The zero-order valence-corrected chi connectivity index (χ0v) is 19.3. The fourth-order valence-electron chi connectivity index (χ4n) is 3.85. The van der Waals surface area contributed by atoms with Gasteiger partial charge in [-0.25, -0.2) is 4.79 Å². The van der Waals surface area contributed by atoms with Crippen LogP contribution in [-0.4, -0.2) is 30.2 Å². The first kappa shape index (κ1) is 22.7. The molecule has 8 heteroatoms. The molecule has 0 bridgehead atoms. The van der Waals surface area contributed by atoms with Gasteiger partial charge in [0.05, 0.1) is 12.3 Å². The third-order valence-corrected chi connectivity index (χ3v) is 6.76. The molecule has 0 saturated carbocycles. The number of halogens is 1. The van der Waals surface area contributed by atoms with Gasteiger partial charge in [-0.3, -0.25) is 4.79 Å². The minimum Gasteiger partial charge on any atom is -0.490 e. The van der Waals surface area contributed by atoms with Crippen LogP contribution in [0, 0.1) is 12.3 Å². The van der Waals surface area contributed by atoms with E-state index in [1.807, 2.05) is 19.1 Å². The second-order valence-corrected chi connectivity index (χ2v) is 8.78. The number of carboxylic acid groups (broad SMARTS) is 1. The summed E-state index contributed by atoms with van der Waals surface area (Å²) in [4.78, 5) is 25.7. The van der Waals surface area contributed by atoms with Crippen molar-refractivity contribution in [3.05, 3.63) is 62.8 Å².